The third kappa shape index (κ3) is 5.03. The lowest BCUT2D eigenvalue weighted by Crippen LogP contribution is -2.46. The van der Waals surface area contributed by atoms with Crippen molar-refractivity contribution < 1.29 is 14.3 Å². The van der Waals surface area contributed by atoms with E-state index in [-0.39, 0.29) is 23.7 Å². The minimum atomic E-state index is -0.122. The molecule has 0 aliphatic carbocycles. The van der Waals surface area contributed by atoms with Crippen molar-refractivity contribution in [3.63, 3.8) is 0 Å². The van der Waals surface area contributed by atoms with Gasteiger partial charge in [0.2, 0.25) is 5.91 Å². The van der Waals surface area contributed by atoms with Crippen LogP contribution in [0, 0.1) is 18.8 Å². The van der Waals surface area contributed by atoms with Gasteiger partial charge in [-0.15, -0.1) is 11.3 Å². The third-order valence-electron chi connectivity index (χ3n) is 7.11. The molecule has 0 bridgehead atoms. The van der Waals surface area contributed by atoms with Crippen LogP contribution in [0.15, 0.2) is 36.4 Å². The zero-order valence-electron chi connectivity index (χ0n) is 20.4. The van der Waals surface area contributed by atoms with Crippen molar-refractivity contribution in [2.45, 2.75) is 39.5 Å². The molecule has 0 atom stereocenters. The van der Waals surface area contributed by atoms with Crippen LogP contribution in [0.5, 0.6) is 0 Å². The van der Waals surface area contributed by atoms with Gasteiger partial charge < -0.3 is 14.5 Å². The van der Waals surface area contributed by atoms with Gasteiger partial charge in [-0.2, -0.15) is 0 Å². The summed E-state index contributed by atoms with van der Waals surface area (Å²) in [5.74, 6) is 1.83. The molecule has 0 saturated carbocycles. The minimum Gasteiger partial charge on any atom is -0.466 e. The van der Waals surface area contributed by atoms with Crippen LogP contribution >= 0.6 is 11.3 Å². The summed E-state index contributed by atoms with van der Waals surface area (Å²) in [5.41, 5.74) is 1.19. The number of anilines is 1. The lowest BCUT2D eigenvalue weighted by Gasteiger charge is -2.37. The van der Waals surface area contributed by atoms with E-state index in [0.29, 0.717) is 32.5 Å². The highest BCUT2D eigenvalue weighted by molar-refractivity contribution is 7.21. The van der Waals surface area contributed by atoms with E-state index in [2.05, 4.69) is 35.2 Å². The number of piperidine rings is 2. The van der Waals surface area contributed by atoms with Gasteiger partial charge in [-0.3, -0.25) is 9.59 Å². The van der Waals surface area contributed by atoms with Gasteiger partial charge in [0.05, 0.1) is 17.9 Å². The molecule has 2 saturated heterocycles. The molecule has 2 aliphatic rings. The number of aryl methyl sites for hydroxylation is 1. The van der Waals surface area contributed by atoms with E-state index in [1.165, 1.54) is 10.4 Å². The van der Waals surface area contributed by atoms with Crippen LogP contribution in [0.25, 0.3) is 20.7 Å². The first-order valence-electron chi connectivity index (χ1n) is 12.6. The average molecular weight is 493 g/mol. The molecule has 4 heterocycles. The first-order chi connectivity index (χ1) is 17.0. The molecule has 2 fully saturated rings. The van der Waals surface area contributed by atoms with Crippen molar-refractivity contribution in [2.75, 3.05) is 37.7 Å². The number of aromatic nitrogens is 2. The van der Waals surface area contributed by atoms with Crippen molar-refractivity contribution in [3.8, 4) is 10.4 Å². The first kappa shape index (κ1) is 23.7. The third-order valence-corrected chi connectivity index (χ3v) is 8.19. The van der Waals surface area contributed by atoms with Crippen LogP contribution in [0.3, 0.4) is 0 Å². The molecule has 5 rings (SSSR count). The van der Waals surface area contributed by atoms with Gasteiger partial charge in [-0.25, -0.2) is 9.97 Å². The number of esters is 1. The van der Waals surface area contributed by atoms with Gasteiger partial charge >= 0.3 is 5.97 Å². The highest BCUT2D eigenvalue weighted by Gasteiger charge is 2.33. The number of thiophene rings is 1. The maximum Gasteiger partial charge on any atom is 0.309 e. The van der Waals surface area contributed by atoms with Crippen LogP contribution in [-0.4, -0.2) is 59.5 Å². The second-order valence-electron chi connectivity index (χ2n) is 9.40. The molecule has 0 N–H and O–H groups in total. The van der Waals surface area contributed by atoms with E-state index in [1.54, 1.807) is 11.3 Å². The minimum absolute atomic E-state index is 0.0335. The Hall–Kier alpha value is -3.00. The summed E-state index contributed by atoms with van der Waals surface area (Å²) < 4.78 is 5.16. The largest absolute Gasteiger partial charge is 0.466 e. The smallest absolute Gasteiger partial charge is 0.309 e. The number of ether oxygens (including phenoxy) is 1. The number of likely N-dealkylation sites (tertiary alicyclic amines) is 1. The molecule has 3 aromatic rings. The number of hydrogen-bond donors (Lipinski definition) is 0. The zero-order valence-corrected chi connectivity index (χ0v) is 21.2. The number of rotatable bonds is 5. The van der Waals surface area contributed by atoms with Crippen LogP contribution in [0.2, 0.25) is 0 Å². The second kappa shape index (κ2) is 10.3. The molecule has 8 heteroatoms. The molecule has 1 amide bonds. The Balaban J connectivity index is 1.24. The summed E-state index contributed by atoms with van der Waals surface area (Å²) in [7, 11) is 0. The average Bonchev–Trinajstić information content (AvgIpc) is 3.33. The second-order valence-corrected chi connectivity index (χ2v) is 10.4. The first-order valence-corrected chi connectivity index (χ1v) is 13.4. The summed E-state index contributed by atoms with van der Waals surface area (Å²) in [6, 6.07) is 12.6. The summed E-state index contributed by atoms with van der Waals surface area (Å²) in [6.07, 6.45) is 3.03. The SMILES string of the molecule is CCOC(=O)C1CCN(C(=O)C2CCN(c3nc(C)nc4sc(-c5ccccc5)cc34)CC2)CC1. The quantitative estimate of drug-likeness (QED) is 0.481. The van der Waals surface area contributed by atoms with E-state index in [4.69, 9.17) is 14.7 Å². The summed E-state index contributed by atoms with van der Waals surface area (Å²) in [5, 5.41) is 1.09. The lowest BCUT2D eigenvalue weighted by molar-refractivity contribution is -0.151. The molecule has 0 unspecified atom stereocenters. The lowest BCUT2D eigenvalue weighted by atomic mass is 9.92. The van der Waals surface area contributed by atoms with Gasteiger partial charge in [0.1, 0.15) is 16.5 Å². The highest BCUT2D eigenvalue weighted by Crippen LogP contribution is 2.37. The Morgan fingerprint density at radius 1 is 1.00 bits per heavy atom. The van der Waals surface area contributed by atoms with Gasteiger partial charge in [-0.1, -0.05) is 30.3 Å². The molecular weight excluding hydrogens is 460 g/mol. The maximum absolute atomic E-state index is 13.2. The molecule has 35 heavy (non-hydrogen) atoms. The number of benzene rings is 1. The van der Waals surface area contributed by atoms with Gasteiger partial charge in [0, 0.05) is 37.0 Å². The molecule has 184 valence electrons. The highest BCUT2D eigenvalue weighted by atomic mass is 32.1. The summed E-state index contributed by atoms with van der Waals surface area (Å²) >= 11 is 1.70. The van der Waals surface area contributed by atoms with Crippen molar-refractivity contribution in [1.82, 2.24) is 14.9 Å². The fourth-order valence-corrected chi connectivity index (χ4v) is 6.26. The number of amides is 1. The summed E-state index contributed by atoms with van der Waals surface area (Å²) in [4.78, 5) is 41.2. The van der Waals surface area contributed by atoms with Gasteiger partial charge in [-0.05, 0) is 51.2 Å². The van der Waals surface area contributed by atoms with Crippen molar-refractivity contribution in [2.24, 2.45) is 11.8 Å². The van der Waals surface area contributed by atoms with Crippen LogP contribution in [-0.2, 0) is 14.3 Å². The van der Waals surface area contributed by atoms with Crippen molar-refractivity contribution in [3.05, 3.63) is 42.2 Å². The Kier molecular flexibility index (Phi) is 7.00. The summed E-state index contributed by atoms with van der Waals surface area (Å²) in [6.45, 7) is 7.08. The predicted octanol–water partition coefficient (Wildman–Crippen LogP) is 4.68. The van der Waals surface area contributed by atoms with E-state index >= 15 is 0 Å². The van der Waals surface area contributed by atoms with Gasteiger partial charge in [0.25, 0.3) is 0 Å². The van der Waals surface area contributed by atoms with Crippen molar-refractivity contribution >= 4 is 39.2 Å². The predicted molar refractivity (Wildman–Crippen MR) is 138 cm³/mol. The Morgan fingerprint density at radius 3 is 2.37 bits per heavy atom. The van der Waals surface area contributed by atoms with Gasteiger partial charge in [0.15, 0.2) is 0 Å². The van der Waals surface area contributed by atoms with E-state index in [0.717, 1.165) is 47.8 Å². The fraction of sp³-hybridized carbons (Fsp3) is 0.481. The van der Waals surface area contributed by atoms with Crippen LogP contribution in [0.1, 0.15) is 38.4 Å². The molecule has 0 radical (unpaired) electrons. The van der Waals surface area contributed by atoms with E-state index < -0.39 is 0 Å². The number of nitrogens with zero attached hydrogens (tertiary/aromatic N) is 4. The van der Waals surface area contributed by atoms with Crippen LogP contribution < -0.4 is 4.90 Å². The normalized spacial score (nSPS) is 17.7. The van der Waals surface area contributed by atoms with E-state index in [9.17, 15) is 9.59 Å². The molecule has 0 spiro atoms. The fourth-order valence-electron chi connectivity index (χ4n) is 5.19. The number of fused-ring (bicyclic) bond motifs is 1. The molecule has 1 aromatic carbocycles. The number of carbonyl (C=O) groups excluding carboxylic acids is 2. The zero-order chi connectivity index (χ0) is 24.4. The standard InChI is InChI=1S/C27H32N4O3S/c1-3-34-27(33)21-11-15-31(16-12-21)26(32)20-9-13-30(14-10-20)24-22-17-23(19-7-5-4-6-8-19)35-25(22)29-18(2)28-24/h4-8,17,20-21H,3,9-16H2,1-2H3. The number of hydrogen-bond acceptors (Lipinski definition) is 7. The Labute approximate surface area is 210 Å². The van der Waals surface area contributed by atoms with E-state index in [1.807, 2.05) is 24.8 Å². The topological polar surface area (TPSA) is 75.6 Å². The monoisotopic (exact) mass is 492 g/mol. The molecule has 2 aromatic heterocycles. The number of carbonyl (C=O) groups is 2. The molecule has 7 nitrogen and oxygen atoms in total. The van der Waals surface area contributed by atoms with Crippen molar-refractivity contribution in [1.29, 1.82) is 0 Å². The van der Waals surface area contributed by atoms with Crippen LogP contribution in [0.4, 0.5) is 5.82 Å². The maximum atomic E-state index is 13.2. The Morgan fingerprint density at radius 2 is 1.69 bits per heavy atom. The Bertz CT molecular complexity index is 1200. The molecule has 2 aliphatic heterocycles. The molecular formula is C27H32N4O3S.